The highest BCUT2D eigenvalue weighted by atomic mass is 19.4. The molecule has 0 spiro atoms. The number of imidazole rings is 1. The van der Waals surface area contributed by atoms with Crippen molar-refractivity contribution in [2.24, 2.45) is 0 Å². The molecule has 0 saturated carbocycles. The maximum atomic E-state index is 12.7. The number of alkyl halides is 3. The summed E-state index contributed by atoms with van der Waals surface area (Å²) in [4.78, 5) is 19.1. The third-order valence-electron chi connectivity index (χ3n) is 7.90. The maximum absolute atomic E-state index is 12.7. The monoisotopic (exact) mass is 623 g/mol. The minimum atomic E-state index is -4.36. The molecule has 0 N–H and O–H groups in total. The Hall–Kier alpha value is -4.78. The summed E-state index contributed by atoms with van der Waals surface area (Å²) in [6, 6.07) is 21.0. The molecule has 4 aromatic rings. The summed E-state index contributed by atoms with van der Waals surface area (Å²) in [6.07, 6.45) is -2.53. The van der Waals surface area contributed by atoms with Crippen LogP contribution in [0.5, 0.6) is 17.5 Å². The van der Waals surface area contributed by atoms with Crippen molar-refractivity contribution in [2.75, 3.05) is 37.7 Å². The smallest absolute Gasteiger partial charge is 0.416 e. The van der Waals surface area contributed by atoms with Gasteiger partial charge in [-0.15, -0.1) is 0 Å². The number of hydrogen-bond acceptors (Lipinski definition) is 8. The minimum Gasteiger partial charge on any atom is -0.490 e. The first-order valence-electron chi connectivity index (χ1n) is 14.7. The number of aryl methyl sites for hydroxylation is 1. The van der Waals surface area contributed by atoms with E-state index in [1.165, 1.54) is 23.9 Å². The molecule has 45 heavy (non-hydrogen) atoms. The topological polar surface area (TPSA) is 95.1 Å². The van der Waals surface area contributed by atoms with E-state index in [1.807, 2.05) is 36.4 Å². The van der Waals surface area contributed by atoms with E-state index in [-0.39, 0.29) is 24.5 Å². The zero-order valence-corrected chi connectivity index (χ0v) is 24.4. The highest BCUT2D eigenvalue weighted by molar-refractivity contribution is 5.49. The Labute approximate surface area is 257 Å². The Morgan fingerprint density at radius 1 is 0.867 bits per heavy atom. The number of nitrogens with zero attached hydrogens (tertiary/aromatic N) is 5. The Morgan fingerprint density at radius 3 is 2.18 bits per heavy atom. The van der Waals surface area contributed by atoms with Crippen LogP contribution in [0, 0.1) is 10.1 Å². The van der Waals surface area contributed by atoms with Crippen LogP contribution >= 0.6 is 0 Å². The molecule has 2 aliphatic rings. The standard InChI is InChI=1S/C32H32F3N5O5/c33-32(34,35)25-5-9-27(10-6-25)43-21-24-3-1-23(2-4-24)19-37-15-17-38(18-16-37)26-7-11-28(12-8-26)44-22-29-13-14-39-20-30(40(41)42)36-31(39)45-29/h1-12,20,29H,13-19,21-22H2/t29-/m0/s1. The van der Waals surface area contributed by atoms with Crippen LogP contribution in [-0.4, -0.2) is 58.3 Å². The molecule has 3 aromatic carbocycles. The third-order valence-corrected chi connectivity index (χ3v) is 7.90. The number of aromatic nitrogens is 2. The summed E-state index contributed by atoms with van der Waals surface area (Å²) in [7, 11) is 0. The molecule has 1 fully saturated rings. The molecule has 1 aromatic heterocycles. The van der Waals surface area contributed by atoms with E-state index in [2.05, 4.69) is 26.9 Å². The molecule has 1 saturated heterocycles. The number of fused-ring (bicyclic) bond motifs is 1. The van der Waals surface area contributed by atoms with Crippen molar-refractivity contribution in [3.8, 4) is 17.5 Å². The lowest BCUT2D eigenvalue weighted by Crippen LogP contribution is -2.45. The number of rotatable bonds is 10. The molecule has 10 nitrogen and oxygen atoms in total. The van der Waals surface area contributed by atoms with E-state index in [0.717, 1.165) is 61.9 Å². The predicted octanol–water partition coefficient (Wildman–Crippen LogP) is 5.94. The summed E-state index contributed by atoms with van der Waals surface area (Å²) in [5, 5.41) is 11.0. The molecule has 0 amide bonds. The van der Waals surface area contributed by atoms with Crippen molar-refractivity contribution in [3.63, 3.8) is 0 Å². The van der Waals surface area contributed by atoms with E-state index in [0.29, 0.717) is 25.3 Å². The van der Waals surface area contributed by atoms with Gasteiger partial charge in [0.25, 0.3) is 0 Å². The van der Waals surface area contributed by atoms with Crippen molar-refractivity contribution in [1.29, 1.82) is 0 Å². The van der Waals surface area contributed by atoms with Gasteiger partial charge >= 0.3 is 18.0 Å². The van der Waals surface area contributed by atoms with Crippen molar-refractivity contribution >= 4 is 11.5 Å². The molecular weight excluding hydrogens is 591 g/mol. The lowest BCUT2D eigenvalue weighted by molar-refractivity contribution is -0.389. The number of piperazine rings is 1. The molecule has 236 valence electrons. The maximum Gasteiger partial charge on any atom is 0.416 e. The molecule has 3 heterocycles. The van der Waals surface area contributed by atoms with Gasteiger partial charge in [0, 0.05) is 56.4 Å². The first kappa shape index (κ1) is 30.3. The first-order chi connectivity index (χ1) is 21.7. The second kappa shape index (κ2) is 13.1. The SMILES string of the molecule is O=[N+]([O-])c1cn2c(n1)O[C@H](COc1ccc(N3CCN(Cc4ccc(COc5ccc(C(F)(F)F)cc5)cc4)CC3)cc1)CC2. The number of benzene rings is 3. The predicted molar refractivity (Wildman–Crippen MR) is 160 cm³/mol. The van der Waals surface area contributed by atoms with Crippen molar-refractivity contribution in [2.45, 2.75) is 38.4 Å². The van der Waals surface area contributed by atoms with Gasteiger partial charge in [0.15, 0.2) is 0 Å². The second-order valence-electron chi connectivity index (χ2n) is 11.1. The van der Waals surface area contributed by atoms with Gasteiger partial charge in [0.1, 0.15) is 37.0 Å². The zero-order valence-electron chi connectivity index (χ0n) is 24.4. The summed E-state index contributed by atoms with van der Waals surface area (Å²) in [6.45, 7) is 5.66. The zero-order chi connectivity index (χ0) is 31.4. The third kappa shape index (κ3) is 7.66. The van der Waals surface area contributed by atoms with Crippen molar-refractivity contribution < 1.29 is 32.3 Å². The van der Waals surface area contributed by atoms with E-state index >= 15 is 0 Å². The largest absolute Gasteiger partial charge is 0.490 e. The molecule has 2 aliphatic heterocycles. The average molecular weight is 624 g/mol. The van der Waals surface area contributed by atoms with Crippen LogP contribution in [0.4, 0.5) is 24.7 Å². The molecular formula is C32H32F3N5O5. The molecule has 0 aliphatic carbocycles. The van der Waals surface area contributed by atoms with Crippen LogP contribution < -0.4 is 19.1 Å². The van der Waals surface area contributed by atoms with Crippen LogP contribution in [0.15, 0.2) is 79.0 Å². The number of nitro groups is 1. The van der Waals surface area contributed by atoms with E-state index < -0.39 is 16.7 Å². The van der Waals surface area contributed by atoms with Gasteiger partial charge in [-0.25, -0.2) is 0 Å². The fraction of sp³-hybridized carbons (Fsp3) is 0.344. The molecule has 0 bridgehead atoms. The molecule has 13 heteroatoms. The van der Waals surface area contributed by atoms with E-state index in [1.54, 1.807) is 4.57 Å². The fourth-order valence-corrected chi connectivity index (χ4v) is 5.35. The van der Waals surface area contributed by atoms with Gasteiger partial charge in [-0.1, -0.05) is 24.3 Å². The Balaban J connectivity index is 0.914. The van der Waals surface area contributed by atoms with Crippen LogP contribution in [0.25, 0.3) is 0 Å². The molecule has 6 rings (SSSR count). The second-order valence-corrected chi connectivity index (χ2v) is 11.1. The van der Waals surface area contributed by atoms with Gasteiger partial charge in [-0.05, 0) is 64.6 Å². The number of ether oxygens (including phenoxy) is 3. The normalized spacial score (nSPS) is 17.0. The molecule has 0 unspecified atom stereocenters. The Bertz CT molecular complexity index is 1590. The summed E-state index contributed by atoms with van der Waals surface area (Å²) < 4.78 is 57.2. The van der Waals surface area contributed by atoms with Crippen LogP contribution in [-0.2, 0) is 25.9 Å². The van der Waals surface area contributed by atoms with Crippen LogP contribution in [0.3, 0.4) is 0 Å². The lowest BCUT2D eigenvalue weighted by Gasteiger charge is -2.36. The summed E-state index contributed by atoms with van der Waals surface area (Å²) in [5.74, 6) is 0.906. The van der Waals surface area contributed by atoms with Crippen molar-refractivity contribution in [1.82, 2.24) is 14.5 Å². The molecule has 1 atom stereocenters. The van der Waals surface area contributed by atoms with Crippen LogP contribution in [0.1, 0.15) is 23.1 Å². The lowest BCUT2D eigenvalue weighted by atomic mass is 10.1. The van der Waals surface area contributed by atoms with Gasteiger partial charge in [0.2, 0.25) is 0 Å². The summed E-state index contributed by atoms with van der Waals surface area (Å²) >= 11 is 0. The molecule has 0 radical (unpaired) electrons. The number of hydrogen-bond donors (Lipinski definition) is 0. The average Bonchev–Trinajstić information content (AvgIpc) is 3.48. The van der Waals surface area contributed by atoms with Gasteiger partial charge in [0.05, 0.1) is 5.56 Å². The van der Waals surface area contributed by atoms with Gasteiger partial charge in [-0.2, -0.15) is 13.2 Å². The van der Waals surface area contributed by atoms with Crippen LogP contribution in [0.2, 0.25) is 0 Å². The fourth-order valence-electron chi connectivity index (χ4n) is 5.35. The highest BCUT2D eigenvalue weighted by Gasteiger charge is 2.30. The van der Waals surface area contributed by atoms with Crippen molar-refractivity contribution in [3.05, 3.63) is 106 Å². The van der Waals surface area contributed by atoms with E-state index in [4.69, 9.17) is 14.2 Å². The first-order valence-corrected chi connectivity index (χ1v) is 14.7. The number of anilines is 1. The highest BCUT2D eigenvalue weighted by Crippen LogP contribution is 2.30. The minimum absolute atomic E-state index is 0.220. The van der Waals surface area contributed by atoms with E-state index in [9.17, 15) is 23.3 Å². The number of halogens is 3. The summed E-state index contributed by atoms with van der Waals surface area (Å²) in [5.41, 5.74) is 2.56. The van der Waals surface area contributed by atoms with Gasteiger partial charge < -0.3 is 29.2 Å². The Kier molecular flexibility index (Phi) is 8.78. The quantitative estimate of drug-likeness (QED) is 0.158. The van der Waals surface area contributed by atoms with Gasteiger partial charge in [-0.3, -0.25) is 9.47 Å². The Morgan fingerprint density at radius 2 is 1.51 bits per heavy atom.